The van der Waals surface area contributed by atoms with Gasteiger partial charge < -0.3 is 0 Å². The van der Waals surface area contributed by atoms with Gasteiger partial charge in [-0.15, -0.1) is 0 Å². The molecule has 0 N–H and O–H groups in total. The average molecular weight is 208 g/mol. The Balaban J connectivity index is 0.000000211. The largest absolute Gasteiger partial charge is 0.0767 e. The molecule has 1 radical (unpaired) electrons. The van der Waals surface area contributed by atoms with Gasteiger partial charge >= 0.3 is 43.8 Å². The zero-order chi connectivity index (χ0) is 9.23. The second-order valence-corrected chi connectivity index (χ2v) is 3.45. The maximum Gasteiger partial charge on any atom is 0.00506 e. The SMILES string of the molecule is O=[CH][Fe]([CH]=O)[CH]=O.[CH]1C=CC=C1. The summed E-state index contributed by atoms with van der Waals surface area (Å²) < 4.78 is 0. The van der Waals surface area contributed by atoms with E-state index in [9.17, 15) is 14.4 Å². The van der Waals surface area contributed by atoms with Gasteiger partial charge in [-0.2, -0.15) is 0 Å². The zero-order valence-corrected chi connectivity index (χ0v) is 7.30. The third-order valence-corrected chi connectivity index (χ3v) is 1.75. The molecule has 0 aromatic heterocycles. The van der Waals surface area contributed by atoms with E-state index in [1.165, 1.54) is 0 Å². The van der Waals surface area contributed by atoms with E-state index in [-0.39, 0.29) is 0 Å². The second-order valence-electron chi connectivity index (χ2n) is 1.57. The molecule has 0 bridgehead atoms. The van der Waals surface area contributed by atoms with Crippen molar-refractivity contribution in [1.82, 2.24) is 0 Å². The number of carbonyl (C=O) groups is 3. The van der Waals surface area contributed by atoms with Crippen molar-refractivity contribution in [2.45, 2.75) is 0 Å². The Kier molecular flexibility index (Phi) is 7.44. The van der Waals surface area contributed by atoms with Gasteiger partial charge in [0, 0.05) is 6.42 Å². The van der Waals surface area contributed by atoms with Gasteiger partial charge in [-0.3, -0.25) is 0 Å². The molecule has 1 aliphatic carbocycles. The van der Waals surface area contributed by atoms with E-state index >= 15 is 0 Å². The second kappa shape index (κ2) is 8.11. The van der Waals surface area contributed by atoms with Gasteiger partial charge in [-0.25, -0.2) is 0 Å². The molecule has 0 aromatic carbocycles. The first kappa shape index (κ1) is 11.0. The molecule has 0 aliphatic heterocycles. The third kappa shape index (κ3) is 5.77. The molecule has 0 unspecified atom stereocenters. The van der Waals surface area contributed by atoms with Crippen LogP contribution in [-0.4, -0.2) is 15.6 Å². The molecule has 0 heterocycles. The van der Waals surface area contributed by atoms with Crippen LogP contribution in [0.1, 0.15) is 0 Å². The van der Waals surface area contributed by atoms with E-state index in [0.717, 1.165) is 0 Å². The number of hydrogen-bond donors (Lipinski definition) is 0. The molecular formula is C8H8FeO3. The van der Waals surface area contributed by atoms with Gasteiger partial charge in [0.05, 0.1) is 0 Å². The van der Waals surface area contributed by atoms with E-state index in [1.54, 1.807) is 0 Å². The van der Waals surface area contributed by atoms with Crippen molar-refractivity contribution in [1.29, 1.82) is 0 Å². The number of rotatable bonds is 3. The van der Waals surface area contributed by atoms with Gasteiger partial charge in [0.15, 0.2) is 0 Å². The van der Waals surface area contributed by atoms with Gasteiger partial charge in [-0.05, 0) is 0 Å². The van der Waals surface area contributed by atoms with Crippen molar-refractivity contribution in [3.8, 4) is 0 Å². The topological polar surface area (TPSA) is 51.2 Å². The Hall–Kier alpha value is -0.991. The van der Waals surface area contributed by atoms with Crippen LogP contribution in [0.3, 0.4) is 0 Å². The predicted octanol–water partition coefficient (Wildman–Crippen LogP) is 0.492. The van der Waals surface area contributed by atoms with Crippen molar-refractivity contribution in [2.75, 3.05) is 0 Å². The summed E-state index contributed by atoms with van der Waals surface area (Å²) in [6.45, 7) is 0. The molecule has 0 amide bonds. The van der Waals surface area contributed by atoms with E-state index < -0.39 is 13.9 Å². The fraction of sp³-hybridized carbons (Fsp3) is 0. The van der Waals surface area contributed by atoms with Gasteiger partial charge in [0.2, 0.25) is 0 Å². The first-order chi connectivity index (χ1) is 5.85. The number of carbonyl (C=O) groups excluding carboxylic acids is 3. The smallest absolute Gasteiger partial charge is 0.00506 e. The molecule has 66 valence electrons. The summed E-state index contributed by atoms with van der Waals surface area (Å²) in [5.41, 5.74) is 0. The van der Waals surface area contributed by atoms with E-state index in [1.807, 2.05) is 30.7 Å². The minimum absolute atomic E-state index is 0.375. The van der Waals surface area contributed by atoms with Crippen molar-refractivity contribution >= 4 is 15.6 Å². The molecule has 0 spiro atoms. The van der Waals surface area contributed by atoms with Crippen molar-refractivity contribution in [3.63, 3.8) is 0 Å². The predicted molar refractivity (Wildman–Crippen MR) is 42.8 cm³/mol. The van der Waals surface area contributed by atoms with Crippen LogP contribution >= 0.6 is 0 Å². The molecular weight excluding hydrogens is 200 g/mol. The standard InChI is InChI=1S/C5H5.3CHO.Fe/c1-2-4-5-3-1;3*1-2;/h1-5H;3*1H;. The summed E-state index contributed by atoms with van der Waals surface area (Å²) in [5.74, 6) is 0. The number of hydrogen-bond acceptors (Lipinski definition) is 3. The molecule has 3 nitrogen and oxygen atoms in total. The van der Waals surface area contributed by atoms with Crippen molar-refractivity contribution < 1.29 is 28.3 Å². The first-order valence-electron chi connectivity index (χ1n) is 2.99. The molecule has 0 saturated heterocycles. The molecule has 12 heavy (non-hydrogen) atoms. The van der Waals surface area contributed by atoms with Crippen molar-refractivity contribution in [2.24, 2.45) is 0 Å². The Morgan fingerprint density at radius 2 is 1.17 bits per heavy atom. The van der Waals surface area contributed by atoms with Crippen LogP contribution in [-0.2, 0) is 28.3 Å². The third-order valence-electron chi connectivity index (χ3n) is 0.844. The molecule has 0 atom stereocenters. The van der Waals surface area contributed by atoms with Crippen LogP contribution in [0.15, 0.2) is 24.3 Å². The summed E-state index contributed by atoms with van der Waals surface area (Å²) in [6, 6.07) is 0. The molecule has 1 aliphatic rings. The molecule has 1 rings (SSSR count). The minimum Gasteiger partial charge on any atom is -0.0767 e. The minimum atomic E-state index is -1.75. The summed E-state index contributed by atoms with van der Waals surface area (Å²) in [4.78, 5) is 28.6. The molecule has 0 fully saturated rings. The Bertz CT molecular complexity index is 179. The molecule has 0 aromatic rings. The van der Waals surface area contributed by atoms with Gasteiger partial charge in [0.1, 0.15) is 0 Å². The molecule has 4 heteroatoms. The van der Waals surface area contributed by atoms with E-state index in [0.29, 0.717) is 15.6 Å². The van der Waals surface area contributed by atoms with E-state index in [4.69, 9.17) is 0 Å². The monoisotopic (exact) mass is 208 g/mol. The number of allylic oxidation sites excluding steroid dienone is 4. The van der Waals surface area contributed by atoms with Crippen LogP contribution < -0.4 is 0 Å². The maximum atomic E-state index is 9.54. The van der Waals surface area contributed by atoms with Gasteiger partial charge in [0.25, 0.3) is 0 Å². The van der Waals surface area contributed by atoms with Crippen LogP contribution in [0.4, 0.5) is 0 Å². The Labute approximate surface area is 75.0 Å². The summed E-state index contributed by atoms with van der Waals surface area (Å²) in [7, 11) is 0. The van der Waals surface area contributed by atoms with E-state index in [2.05, 4.69) is 0 Å². The van der Waals surface area contributed by atoms with Gasteiger partial charge in [-0.1, -0.05) is 24.3 Å². The van der Waals surface area contributed by atoms with Crippen LogP contribution in [0, 0.1) is 6.42 Å². The molecule has 0 saturated carbocycles. The Morgan fingerprint density at radius 1 is 0.750 bits per heavy atom. The quantitative estimate of drug-likeness (QED) is 0.501. The summed E-state index contributed by atoms with van der Waals surface area (Å²) >= 11 is -1.75. The zero-order valence-electron chi connectivity index (χ0n) is 6.20. The maximum absolute atomic E-state index is 9.54. The fourth-order valence-corrected chi connectivity index (χ4v) is 0.564. The average Bonchev–Trinajstić information content (AvgIpc) is 2.64. The first-order valence-corrected chi connectivity index (χ1v) is 4.90. The van der Waals surface area contributed by atoms with Crippen molar-refractivity contribution in [3.05, 3.63) is 30.7 Å². The summed E-state index contributed by atoms with van der Waals surface area (Å²) in [6.07, 6.45) is 10.0. The summed E-state index contributed by atoms with van der Waals surface area (Å²) in [5, 5.41) is 1.12. The normalized spacial score (nSPS) is 12.8. The Morgan fingerprint density at radius 3 is 1.25 bits per heavy atom. The van der Waals surface area contributed by atoms with Crippen LogP contribution in [0.25, 0.3) is 0 Å². The van der Waals surface area contributed by atoms with Crippen LogP contribution in [0.2, 0.25) is 0 Å². The fourth-order valence-electron chi connectivity index (χ4n) is 0.380. The van der Waals surface area contributed by atoms with Crippen LogP contribution in [0.5, 0.6) is 0 Å².